The number of hydrogen-bond donors (Lipinski definition) is 1. The fourth-order valence-electron chi connectivity index (χ4n) is 1.59. The van der Waals surface area contributed by atoms with Gasteiger partial charge in [0.15, 0.2) is 0 Å². The molecule has 20 heavy (non-hydrogen) atoms. The Balaban J connectivity index is 2.57. The molecule has 2 rings (SSSR count). The monoisotopic (exact) mass is 302 g/mol. The maximum Gasteiger partial charge on any atom is 0.433 e. The molecule has 2 aromatic rings. The first kappa shape index (κ1) is 14.4. The van der Waals surface area contributed by atoms with Crippen LogP contribution >= 0.6 is 0 Å². The van der Waals surface area contributed by atoms with Crippen molar-refractivity contribution in [3.05, 3.63) is 47.9 Å². The highest BCUT2D eigenvalue weighted by atomic mass is 32.2. The second-order valence-electron chi connectivity index (χ2n) is 3.91. The number of halogens is 3. The Kier molecular flexibility index (Phi) is 4.03. The predicted molar refractivity (Wildman–Crippen MR) is 66.5 cm³/mol. The molecule has 1 aromatic heterocycles. The lowest BCUT2D eigenvalue weighted by Crippen LogP contribution is -2.12. The summed E-state index contributed by atoms with van der Waals surface area (Å²) in [5, 5.41) is 0. The number of thiol groups is 1. The summed E-state index contributed by atoms with van der Waals surface area (Å²) in [5.74, 6) is -0.992. The van der Waals surface area contributed by atoms with Crippen LogP contribution in [0.3, 0.4) is 0 Å². The van der Waals surface area contributed by atoms with Gasteiger partial charge in [0, 0.05) is 5.56 Å². The van der Waals surface area contributed by atoms with E-state index in [-0.39, 0.29) is 11.5 Å². The zero-order valence-corrected chi connectivity index (χ0v) is 10.9. The predicted octanol–water partition coefficient (Wildman–Crippen LogP) is 2.27. The van der Waals surface area contributed by atoms with Crippen molar-refractivity contribution in [2.45, 2.75) is 11.9 Å². The Morgan fingerprint density at radius 3 is 2.25 bits per heavy atom. The smallest absolute Gasteiger partial charge is 0.232 e. The lowest BCUT2D eigenvalue weighted by Gasteiger charge is -2.09. The van der Waals surface area contributed by atoms with Gasteiger partial charge in [0.25, 0.3) is 0 Å². The Morgan fingerprint density at radius 2 is 1.70 bits per heavy atom. The molecule has 1 heterocycles. The average molecular weight is 302 g/mol. The van der Waals surface area contributed by atoms with Crippen molar-refractivity contribution in [2.24, 2.45) is 0 Å². The molecule has 0 bridgehead atoms. The highest BCUT2D eigenvalue weighted by molar-refractivity contribution is 7.71. The zero-order valence-electron chi connectivity index (χ0n) is 9.96. The van der Waals surface area contributed by atoms with Gasteiger partial charge in [-0.2, -0.15) is 13.2 Å². The van der Waals surface area contributed by atoms with Crippen molar-refractivity contribution in [1.82, 2.24) is 9.97 Å². The van der Waals surface area contributed by atoms with Gasteiger partial charge in [-0.05, 0) is 6.07 Å². The number of nitrogens with zero attached hydrogens (tertiary/aromatic N) is 2. The molecule has 0 N–H and O–H groups in total. The molecule has 106 valence electrons. The lowest BCUT2D eigenvalue weighted by molar-refractivity contribution is -0.141. The van der Waals surface area contributed by atoms with Crippen molar-refractivity contribution < 1.29 is 21.6 Å². The summed E-state index contributed by atoms with van der Waals surface area (Å²) in [5.41, 5.74) is -0.652. The van der Waals surface area contributed by atoms with Gasteiger partial charge >= 0.3 is 6.18 Å². The van der Waals surface area contributed by atoms with E-state index in [0.717, 1.165) is 6.07 Å². The second kappa shape index (κ2) is 5.58. The first-order valence-electron chi connectivity index (χ1n) is 5.48. The zero-order chi connectivity index (χ0) is 14.8. The van der Waals surface area contributed by atoms with Gasteiger partial charge < -0.3 is 0 Å². The first-order chi connectivity index (χ1) is 9.36. The largest absolute Gasteiger partial charge is 0.433 e. The van der Waals surface area contributed by atoms with Gasteiger partial charge in [-0.15, -0.1) is 0 Å². The molecule has 0 aliphatic carbocycles. The molecule has 0 unspecified atom stereocenters. The lowest BCUT2D eigenvalue weighted by atomic mass is 10.1. The molecule has 0 saturated carbocycles. The molecule has 0 atom stereocenters. The second-order valence-corrected chi connectivity index (χ2v) is 4.89. The standard InChI is InChI=1S/C12H9F3N2O2S/c13-12(14,15)10-6-9(8-4-2-1-3-5-8)16-11(17-10)7-20(18)19/h1-6,20H,7H2. The molecule has 1 aromatic carbocycles. The van der Waals surface area contributed by atoms with Crippen LogP contribution in [0.25, 0.3) is 11.3 Å². The Hall–Kier alpha value is -1.96. The minimum Gasteiger partial charge on any atom is -0.232 e. The van der Waals surface area contributed by atoms with Crippen LogP contribution in [0.2, 0.25) is 0 Å². The quantitative estimate of drug-likeness (QED) is 0.884. The van der Waals surface area contributed by atoms with E-state index < -0.39 is 28.3 Å². The van der Waals surface area contributed by atoms with Crippen molar-refractivity contribution in [1.29, 1.82) is 0 Å². The van der Waals surface area contributed by atoms with Gasteiger partial charge in [-0.25, -0.2) is 18.4 Å². The fourth-order valence-corrected chi connectivity index (χ4v) is 1.96. The molecular weight excluding hydrogens is 293 g/mol. The summed E-state index contributed by atoms with van der Waals surface area (Å²) in [6.07, 6.45) is -4.66. The van der Waals surface area contributed by atoms with Crippen molar-refractivity contribution in [3.63, 3.8) is 0 Å². The molecule has 0 amide bonds. The van der Waals surface area contributed by atoms with Crippen molar-refractivity contribution in [3.8, 4) is 11.3 Å². The van der Waals surface area contributed by atoms with Crippen LogP contribution in [0.15, 0.2) is 36.4 Å². The summed E-state index contributed by atoms with van der Waals surface area (Å²) in [6.45, 7) is 0. The number of alkyl halides is 3. The summed E-state index contributed by atoms with van der Waals surface area (Å²) in [6, 6.07) is 8.99. The Morgan fingerprint density at radius 1 is 1.05 bits per heavy atom. The number of aromatic nitrogens is 2. The van der Waals surface area contributed by atoms with Crippen molar-refractivity contribution >= 4 is 10.7 Å². The van der Waals surface area contributed by atoms with Crippen LogP contribution in [0.5, 0.6) is 0 Å². The number of rotatable bonds is 3. The van der Waals surface area contributed by atoms with Crippen LogP contribution in [-0.2, 0) is 22.6 Å². The highest BCUT2D eigenvalue weighted by Crippen LogP contribution is 2.30. The molecule has 0 saturated heterocycles. The minimum atomic E-state index is -4.66. The van der Waals surface area contributed by atoms with E-state index in [1.165, 1.54) is 0 Å². The highest BCUT2D eigenvalue weighted by Gasteiger charge is 2.33. The summed E-state index contributed by atoms with van der Waals surface area (Å²) >= 11 is 0. The Bertz CT molecular complexity index is 677. The van der Waals surface area contributed by atoms with Crippen molar-refractivity contribution in [2.75, 3.05) is 0 Å². The molecule has 0 aliphatic rings. The molecule has 4 nitrogen and oxygen atoms in total. The average Bonchev–Trinajstić information content (AvgIpc) is 2.37. The van der Waals surface area contributed by atoms with Gasteiger partial charge in [-0.3, -0.25) is 0 Å². The van der Waals surface area contributed by atoms with Gasteiger partial charge in [-0.1, -0.05) is 30.3 Å². The third-order valence-electron chi connectivity index (χ3n) is 2.40. The fraction of sp³-hybridized carbons (Fsp3) is 0.167. The van der Waals surface area contributed by atoms with Crippen LogP contribution in [-0.4, -0.2) is 18.4 Å². The van der Waals surface area contributed by atoms with E-state index >= 15 is 0 Å². The van der Waals surface area contributed by atoms with E-state index in [4.69, 9.17) is 0 Å². The third kappa shape index (κ3) is 3.53. The van der Waals surface area contributed by atoms with E-state index in [1.807, 2.05) is 0 Å². The van der Waals surface area contributed by atoms with E-state index in [2.05, 4.69) is 9.97 Å². The first-order valence-corrected chi connectivity index (χ1v) is 6.85. The summed E-state index contributed by atoms with van der Waals surface area (Å²) in [7, 11) is -2.90. The molecular formula is C12H9F3N2O2S. The summed E-state index contributed by atoms with van der Waals surface area (Å²) < 4.78 is 59.6. The van der Waals surface area contributed by atoms with E-state index in [0.29, 0.717) is 5.56 Å². The molecule has 0 fully saturated rings. The van der Waals surface area contributed by atoms with Gasteiger partial charge in [0.2, 0.25) is 0 Å². The maximum atomic E-state index is 12.8. The topological polar surface area (TPSA) is 59.9 Å². The maximum absolute atomic E-state index is 12.8. The van der Waals surface area contributed by atoms with Crippen LogP contribution < -0.4 is 0 Å². The third-order valence-corrected chi connectivity index (χ3v) is 2.94. The Labute approximate surface area is 114 Å². The van der Waals surface area contributed by atoms with Gasteiger partial charge in [0.05, 0.1) is 5.69 Å². The molecule has 0 spiro atoms. The van der Waals surface area contributed by atoms with Crippen LogP contribution in [0.4, 0.5) is 13.2 Å². The van der Waals surface area contributed by atoms with Crippen LogP contribution in [0.1, 0.15) is 11.5 Å². The molecule has 0 radical (unpaired) electrons. The SMILES string of the molecule is O=[SH](=O)Cc1nc(-c2ccccc2)cc(C(F)(F)F)n1. The molecule has 8 heteroatoms. The summed E-state index contributed by atoms with van der Waals surface area (Å²) in [4.78, 5) is 7.11. The molecule has 0 aliphatic heterocycles. The normalized spacial score (nSPS) is 11.8. The van der Waals surface area contributed by atoms with E-state index in [9.17, 15) is 21.6 Å². The minimum absolute atomic E-state index is 0.0415. The number of hydrogen-bond acceptors (Lipinski definition) is 4. The number of benzene rings is 1. The van der Waals surface area contributed by atoms with E-state index in [1.54, 1.807) is 30.3 Å². The van der Waals surface area contributed by atoms with Gasteiger partial charge in [0.1, 0.15) is 28.0 Å². The van der Waals surface area contributed by atoms with Crippen LogP contribution in [0, 0.1) is 0 Å².